The van der Waals surface area contributed by atoms with E-state index < -0.39 is 12.1 Å². The van der Waals surface area contributed by atoms with E-state index >= 15 is 0 Å². The van der Waals surface area contributed by atoms with Crippen molar-refractivity contribution >= 4 is 12.1 Å². The smallest absolute Gasteiger partial charge is 0.407 e. The predicted molar refractivity (Wildman–Crippen MR) is 68.5 cm³/mol. The van der Waals surface area contributed by atoms with Crippen LogP contribution < -0.4 is 5.32 Å². The number of amides is 1. The molecule has 102 valence electrons. The van der Waals surface area contributed by atoms with Gasteiger partial charge in [-0.15, -0.1) is 0 Å². The number of carboxylic acids is 1. The van der Waals surface area contributed by atoms with Gasteiger partial charge in [0.05, 0.1) is 6.42 Å². The van der Waals surface area contributed by atoms with Crippen LogP contribution in [0.1, 0.15) is 24.8 Å². The first-order valence-electron chi connectivity index (χ1n) is 6.34. The zero-order valence-corrected chi connectivity index (χ0v) is 10.5. The topological polar surface area (TPSA) is 75.6 Å². The Bertz CT molecular complexity index is 442. The van der Waals surface area contributed by atoms with Crippen molar-refractivity contribution in [1.29, 1.82) is 0 Å². The summed E-state index contributed by atoms with van der Waals surface area (Å²) in [7, 11) is 0. The maximum Gasteiger partial charge on any atom is 0.407 e. The van der Waals surface area contributed by atoms with E-state index in [1.54, 1.807) is 0 Å². The number of carbonyl (C=O) groups excluding carboxylic acids is 1. The fourth-order valence-electron chi connectivity index (χ4n) is 1.94. The van der Waals surface area contributed by atoms with E-state index in [2.05, 4.69) is 5.32 Å². The maximum atomic E-state index is 11.6. The van der Waals surface area contributed by atoms with Crippen molar-refractivity contribution in [3.63, 3.8) is 0 Å². The van der Waals surface area contributed by atoms with Gasteiger partial charge in [-0.3, -0.25) is 4.79 Å². The molecule has 0 unspecified atom stereocenters. The number of hydrogen-bond acceptors (Lipinski definition) is 3. The van der Waals surface area contributed by atoms with Crippen LogP contribution in [0.2, 0.25) is 0 Å². The van der Waals surface area contributed by atoms with Crippen molar-refractivity contribution in [3.8, 4) is 0 Å². The van der Waals surface area contributed by atoms with Crippen molar-refractivity contribution in [2.24, 2.45) is 5.92 Å². The average molecular weight is 263 g/mol. The first-order chi connectivity index (χ1) is 9.15. The molecule has 0 spiro atoms. The van der Waals surface area contributed by atoms with E-state index in [9.17, 15) is 9.59 Å². The molecule has 1 saturated carbocycles. The van der Waals surface area contributed by atoms with Crippen molar-refractivity contribution in [2.75, 3.05) is 0 Å². The van der Waals surface area contributed by atoms with E-state index in [1.807, 2.05) is 30.3 Å². The molecular weight excluding hydrogens is 246 g/mol. The third kappa shape index (κ3) is 4.62. The van der Waals surface area contributed by atoms with Crippen LogP contribution in [0, 0.1) is 5.92 Å². The number of alkyl carbamates (subject to hydrolysis) is 1. The fraction of sp³-hybridized carbons (Fsp3) is 0.429. The lowest BCUT2D eigenvalue weighted by molar-refractivity contribution is -0.137. The summed E-state index contributed by atoms with van der Waals surface area (Å²) in [6.07, 6.45) is 1.33. The van der Waals surface area contributed by atoms with Crippen LogP contribution in [0.5, 0.6) is 0 Å². The Morgan fingerprint density at radius 1 is 1.32 bits per heavy atom. The van der Waals surface area contributed by atoms with Crippen LogP contribution in [-0.4, -0.2) is 23.2 Å². The van der Waals surface area contributed by atoms with Gasteiger partial charge in [0.2, 0.25) is 0 Å². The quantitative estimate of drug-likeness (QED) is 0.824. The molecular formula is C14H17NO4. The summed E-state index contributed by atoms with van der Waals surface area (Å²) in [6.45, 7) is 0.192. The van der Waals surface area contributed by atoms with Gasteiger partial charge in [0, 0.05) is 6.04 Å². The van der Waals surface area contributed by atoms with Crippen LogP contribution >= 0.6 is 0 Å². The second-order valence-electron chi connectivity index (χ2n) is 4.75. The maximum absolute atomic E-state index is 11.6. The lowest BCUT2D eigenvalue weighted by atomic mass is 10.1. The number of ether oxygens (including phenoxy) is 1. The second kappa shape index (κ2) is 6.22. The summed E-state index contributed by atoms with van der Waals surface area (Å²) in [4.78, 5) is 22.3. The Labute approximate surface area is 111 Å². The summed E-state index contributed by atoms with van der Waals surface area (Å²) in [6, 6.07) is 9.04. The number of nitrogens with one attached hydrogen (secondary N) is 1. The molecule has 0 saturated heterocycles. The van der Waals surface area contributed by atoms with Crippen LogP contribution in [0.25, 0.3) is 0 Å². The zero-order valence-electron chi connectivity index (χ0n) is 10.5. The Hall–Kier alpha value is -2.04. The molecule has 5 nitrogen and oxygen atoms in total. The average Bonchev–Trinajstić information content (AvgIpc) is 3.20. The van der Waals surface area contributed by atoms with Gasteiger partial charge in [0.15, 0.2) is 0 Å². The van der Waals surface area contributed by atoms with E-state index in [4.69, 9.17) is 9.84 Å². The highest BCUT2D eigenvalue weighted by Gasteiger charge is 2.34. The molecule has 1 amide bonds. The minimum Gasteiger partial charge on any atom is -0.481 e. The van der Waals surface area contributed by atoms with Crippen molar-refractivity contribution in [1.82, 2.24) is 5.32 Å². The summed E-state index contributed by atoms with van der Waals surface area (Å²) >= 11 is 0. The Morgan fingerprint density at radius 3 is 2.58 bits per heavy atom. The highest BCUT2D eigenvalue weighted by Crippen LogP contribution is 2.34. The molecule has 1 aromatic rings. The Kier molecular flexibility index (Phi) is 4.39. The van der Waals surface area contributed by atoms with Gasteiger partial charge >= 0.3 is 12.1 Å². The molecule has 5 heteroatoms. The number of carbonyl (C=O) groups is 2. The van der Waals surface area contributed by atoms with Gasteiger partial charge in [-0.05, 0) is 24.3 Å². The molecule has 2 N–H and O–H groups in total. The number of benzene rings is 1. The third-order valence-corrected chi connectivity index (χ3v) is 3.10. The fourth-order valence-corrected chi connectivity index (χ4v) is 1.94. The first kappa shape index (κ1) is 13.4. The Balaban J connectivity index is 1.77. The molecule has 1 fully saturated rings. The standard InChI is InChI=1S/C14H17NO4/c16-13(17)8-12(11-6-7-11)15-14(18)19-9-10-4-2-1-3-5-10/h1-5,11-12H,6-9H2,(H,15,18)(H,16,17)/t12-/m0/s1. The third-order valence-electron chi connectivity index (χ3n) is 3.10. The van der Waals surface area contributed by atoms with Gasteiger partial charge in [0.1, 0.15) is 6.61 Å². The SMILES string of the molecule is O=C(O)C[C@H](NC(=O)OCc1ccccc1)C1CC1. The van der Waals surface area contributed by atoms with Crippen LogP contribution in [0.3, 0.4) is 0 Å². The molecule has 2 rings (SSSR count). The second-order valence-corrected chi connectivity index (χ2v) is 4.75. The first-order valence-corrected chi connectivity index (χ1v) is 6.34. The Morgan fingerprint density at radius 2 is 2.00 bits per heavy atom. The monoisotopic (exact) mass is 263 g/mol. The molecule has 1 atom stereocenters. The highest BCUT2D eigenvalue weighted by molar-refractivity contribution is 5.71. The van der Waals surface area contributed by atoms with Gasteiger partial charge in [0.25, 0.3) is 0 Å². The minimum atomic E-state index is -0.903. The largest absolute Gasteiger partial charge is 0.481 e. The molecule has 19 heavy (non-hydrogen) atoms. The van der Waals surface area contributed by atoms with E-state index in [0.717, 1.165) is 18.4 Å². The minimum absolute atomic E-state index is 0.0505. The predicted octanol–water partition coefficient (Wildman–Crippen LogP) is 2.17. The van der Waals surface area contributed by atoms with E-state index in [0.29, 0.717) is 0 Å². The normalized spacial score (nSPS) is 15.6. The number of hydrogen-bond donors (Lipinski definition) is 2. The van der Waals surface area contributed by atoms with Crippen LogP contribution in [0.15, 0.2) is 30.3 Å². The molecule has 0 radical (unpaired) electrons. The highest BCUT2D eigenvalue weighted by atomic mass is 16.5. The van der Waals surface area contributed by atoms with E-state index in [1.165, 1.54) is 0 Å². The lowest BCUT2D eigenvalue weighted by Crippen LogP contribution is -2.38. The summed E-state index contributed by atoms with van der Waals surface area (Å²) in [5.41, 5.74) is 0.902. The summed E-state index contributed by atoms with van der Waals surface area (Å²) < 4.78 is 5.08. The summed E-state index contributed by atoms with van der Waals surface area (Å²) in [5.74, 6) is -0.624. The van der Waals surface area contributed by atoms with Gasteiger partial charge < -0.3 is 15.2 Å². The van der Waals surface area contributed by atoms with Crippen molar-refractivity contribution in [3.05, 3.63) is 35.9 Å². The molecule has 1 aliphatic rings. The molecule has 1 aromatic carbocycles. The molecule has 0 aromatic heterocycles. The number of carboxylic acid groups (broad SMARTS) is 1. The van der Waals surface area contributed by atoms with E-state index in [-0.39, 0.29) is 25.0 Å². The molecule has 1 aliphatic carbocycles. The molecule has 0 aliphatic heterocycles. The molecule has 0 bridgehead atoms. The van der Waals surface area contributed by atoms with Crippen LogP contribution in [0.4, 0.5) is 4.79 Å². The molecule has 0 heterocycles. The van der Waals surface area contributed by atoms with Crippen LogP contribution in [-0.2, 0) is 16.1 Å². The summed E-state index contributed by atoms with van der Waals surface area (Å²) in [5, 5.41) is 11.4. The van der Waals surface area contributed by atoms with Crippen molar-refractivity contribution in [2.45, 2.75) is 31.9 Å². The van der Waals surface area contributed by atoms with Gasteiger partial charge in [-0.2, -0.15) is 0 Å². The van der Waals surface area contributed by atoms with Crippen molar-refractivity contribution < 1.29 is 19.4 Å². The number of aliphatic carboxylic acids is 1. The lowest BCUT2D eigenvalue weighted by Gasteiger charge is -2.16. The zero-order chi connectivity index (χ0) is 13.7. The van der Waals surface area contributed by atoms with Gasteiger partial charge in [-0.1, -0.05) is 30.3 Å². The number of rotatable bonds is 6. The van der Waals surface area contributed by atoms with Gasteiger partial charge in [-0.25, -0.2) is 4.79 Å².